The summed E-state index contributed by atoms with van der Waals surface area (Å²) in [6.45, 7) is 1.16. The number of para-hydroxylation sites is 2. The number of ether oxygens (including phenoxy) is 1. The molecule has 7 heteroatoms. The Morgan fingerprint density at radius 2 is 2.09 bits per heavy atom. The second-order valence-electron chi connectivity index (χ2n) is 5.00. The van der Waals surface area contributed by atoms with Crippen LogP contribution in [0.15, 0.2) is 35.7 Å². The smallest absolute Gasteiger partial charge is 0.265 e. The molecule has 0 radical (unpaired) electrons. The first-order valence-corrected chi connectivity index (χ1v) is 7.84. The summed E-state index contributed by atoms with van der Waals surface area (Å²) < 4.78 is 5.47. The number of fused-ring (bicyclic) bond motifs is 1. The molecule has 0 spiro atoms. The predicted molar refractivity (Wildman–Crippen MR) is 87.2 cm³/mol. The first-order chi connectivity index (χ1) is 11.1. The van der Waals surface area contributed by atoms with Crippen LogP contribution in [0.3, 0.4) is 0 Å². The van der Waals surface area contributed by atoms with E-state index in [-0.39, 0.29) is 30.7 Å². The molecule has 0 unspecified atom stereocenters. The number of anilines is 2. The van der Waals surface area contributed by atoms with Gasteiger partial charge >= 0.3 is 0 Å². The minimum absolute atomic E-state index is 0.0532. The molecule has 3 rings (SSSR count). The Labute approximate surface area is 136 Å². The van der Waals surface area contributed by atoms with Gasteiger partial charge in [-0.25, -0.2) is 0 Å². The van der Waals surface area contributed by atoms with Crippen molar-refractivity contribution in [3.63, 3.8) is 0 Å². The van der Waals surface area contributed by atoms with E-state index in [1.165, 1.54) is 23.2 Å². The standard InChI is InChI=1S/C16H14N2O4S/c1-10(19)16-13(6-7-23-16)22-9-15(21)18-8-14(20)17-11-4-2-3-5-12(11)18/h2-7H,8-9H2,1H3,(H,17,20). The summed E-state index contributed by atoms with van der Waals surface area (Å²) in [6.07, 6.45) is 0. The van der Waals surface area contributed by atoms with Crippen LogP contribution in [0.4, 0.5) is 11.4 Å². The number of thiophene rings is 1. The fourth-order valence-electron chi connectivity index (χ4n) is 2.34. The predicted octanol–water partition coefficient (Wildman–Crippen LogP) is 2.31. The third kappa shape index (κ3) is 3.09. The van der Waals surface area contributed by atoms with Crippen molar-refractivity contribution in [3.05, 3.63) is 40.6 Å². The number of nitrogens with one attached hydrogen (secondary N) is 1. The number of amides is 2. The van der Waals surface area contributed by atoms with E-state index in [1.807, 2.05) is 0 Å². The molecule has 2 heterocycles. The minimum Gasteiger partial charge on any atom is -0.482 e. The summed E-state index contributed by atoms with van der Waals surface area (Å²) in [5.74, 6) is -0.305. The highest BCUT2D eigenvalue weighted by Gasteiger charge is 2.27. The lowest BCUT2D eigenvalue weighted by Gasteiger charge is -2.29. The minimum atomic E-state index is -0.340. The van der Waals surface area contributed by atoms with E-state index in [2.05, 4.69) is 5.32 Å². The zero-order chi connectivity index (χ0) is 16.4. The van der Waals surface area contributed by atoms with Gasteiger partial charge in [0.1, 0.15) is 17.2 Å². The molecule has 1 aliphatic rings. The van der Waals surface area contributed by atoms with Gasteiger partial charge in [0.25, 0.3) is 5.91 Å². The highest BCUT2D eigenvalue weighted by Crippen LogP contribution is 2.29. The van der Waals surface area contributed by atoms with Crippen molar-refractivity contribution in [1.82, 2.24) is 0 Å². The molecule has 6 nitrogen and oxygen atoms in total. The Morgan fingerprint density at radius 3 is 2.87 bits per heavy atom. The van der Waals surface area contributed by atoms with Gasteiger partial charge in [-0.1, -0.05) is 12.1 Å². The quantitative estimate of drug-likeness (QED) is 0.873. The zero-order valence-corrected chi connectivity index (χ0v) is 13.2. The highest BCUT2D eigenvalue weighted by molar-refractivity contribution is 7.12. The van der Waals surface area contributed by atoms with Gasteiger partial charge in [-0.2, -0.15) is 0 Å². The van der Waals surface area contributed by atoms with Crippen molar-refractivity contribution in [2.24, 2.45) is 0 Å². The number of nitrogens with zero attached hydrogens (tertiary/aromatic N) is 1. The van der Waals surface area contributed by atoms with Gasteiger partial charge in [0.05, 0.1) is 11.4 Å². The van der Waals surface area contributed by atoms with Crippen LogP contribution in [0, 0.1) is 0 Å². The zero-order valence-electron chi connectivity index (χ0n) is 12.4. The van der Waals surface area contributed by atoms with Crippen LogP contribution in [0.1, 0.15) is 16.6 Å². The lowest BCUT2D eigenvalue weighted by Crippen LogP contribution is -2.44. The van der Waals surface area contributed by atoms with Gasteiger partial charge in [0.2, 0.25) is 5.91 Å². The number of rotatable bonds is 4. The lowest BCUT2D eigenvalue weighted by atomic mass is 10.2. The van der Waals surface area contributed by atoms with Crippen LogP contribution < -0.4 is 15.0 Å². The number of carbonyl (C=O) groups excluding carboxylic acids is 3. The van der Waals surface area contributed by atoms with Crippen molar-refractivity contribution >= 4 is 40.3 Å². The van der Waals surface area contributed by atoms with Crippen LogP contribution in [-0.2, 0) is 9.59 Å². The SMILES string of the molecule is CC(=O)c1sccc1OCC(=O)N1CC(=O)Nc2ccccc21. The van der Waals surface area contributed by atoms with Gasteiger partial charge in [-0.3, -0.25) is 19.3 Å². The summed E-state index contributed by atoms with van der Waals surface area (Å²) in [5.41, 5.74) is 1.23. The average Bonchev–Trinajstić information content (AvgIpc) is 3.00. The van der Waals surface area contributed by atoms with Crippen LogP contribution in [0.2, 0.25) is 0 Å². The summed E-state index contributed by atoms with van der Waals surface area (Å²) in [5, 5.41) is 4.46. The van der Waals surface area contributed by atoms with Crippen molar-refractivity contribution in [3.8, 4) is 5.75 Å². The molecule has 0 saturated carbocycles. The molecule has 0 aliphatic carbocycles. The molecule has 2 aromatic rings. The van der Waals surface area contributed by atoms with Crippen molar-refractivity contribution in [2.75, 3.05) is 23.4 Å². The molecule has 0 fully saturated rings. The van der Waals surface area contributed by atoms with Crippen molar-refractivity contribution in [2.45, 2.75) is 6.92 Å². The Hall–Kier alpha value is -2.67. The fraction of sp³-hybridized carbons (Fsp3) is 0.188. The maximum Gasteiger partial charge on any atom is 0.265 e. The molecule has 1 aromatic heterocycles. The van der Waals surface area contributed by atoms with E-state index in [1.54, 1.807) is 35.7 Å². The molecule has 0 atom stereocenters. The largest absolute Gasteiger partial charge is 0.482 e. The van der Waals surface area contributed by atoms with E-state index in [4.69, 9.17) is 4.74 Å². The second-order valence-corrected chi connectivity index (χ2v) is 5.92. The third-order valence-electron chi connectivity index (χ3n) is 3.37. The van der Waals surface area contributed by atoms with Crippen molar-refractivity contribution < 1.29 is 19.1 Å². The van der Waals surface area contributed by atoms with E-state index < -0.39 is 0 Å². The second kappa shape index (κ2) is 6.21. The van der Waals surface area contributed by atoms with Gasteiger partial charge in [-0.05, 0) is 23.6 Å². The fourth-order valence-corrected chi connectivity index (χ4v) is 3.08. The monoisotopic (exact) mass is 330 g/mol. The van der Waals surface area contributed by atoms with Crippen LogP contribution >= 0.6 is 11.3 Å². The molecule has 118 valence electrons. The summed E-state index contributed by atoms with van der Waals surface area (Å²) in [7, 11) is 0. The molecule has 23 heavy (non-hydrogen) atoms. The first-order valence-electron chi connectivity index (χ1n) is 6.96. The molecular formula is C16H14N2O4S. The van der Waals surface area contributed by atoms with E-state index >= 15 is 0 Å². The van der Waals surface area contributed by atoms with E-state index in [9.17, 15) is 14.4 Å². The average molecular weight is 330 g/mol. The summed E-state index contributed by atoms with van der Waals surface area (Å²) >= 11 is 1.27. The van der Waals surface area contributed by atoms with Gasteiger partial charge in [0.15, 0.2) is 12.4 Å². The Bertz CT molecular complexity index is 784. The summed E-state index contributed by atoms with van der Waals surface area (Å²) in [4.78, 5) is 37.5. The number of hydrogen-bond acceptors (Lipinski definition) is 5. The maximum absolute atomic E-state index is 12.4. The Morgan fingerprint density at radius 1 is 1.30 bits per heavy atom. The van der Waals surface area contributed by atoms with E-state index in [0.29, 0.717) is 22.0 Å². The molecule has 1 aliphatic heterocycles. The van der Waals surface area contributed by atoms with Crippen LogP contribution in [0.5, 0.6) is 5.75 Å². The number of ketones is 1. The van der Waals surface area contributed by atoms with E-state index in [0.717, 1.165) is 0 Å². The third-order valence-corrected chi connectivity index (χ3v) is 4.37. The molecule has 0 saturated heterocycles. The van der Waals surface area contributed by atoms with Crippen LogP contribution in [-0.4, -0.2) is 30.7 Å². The van der Waals surface area contributed by atoms with Crippen molar-refractivity contribution in [1.29, 1.82) is 0 Å². The number of benzene rings is 1. The summed E-state index contributed by atoms with van der Waals surface area (Å²) in [6, 6.07) is 8.74. The van der Waals surface area contributed by atoms with Gasteiger partial charge in [0, 0.05) is 6.92 Å². The normalized spacial score (nSPS) is 13.3. The number of hydrogen-bond donors (Lipinski definition) is 1. The maximum atomic E-state index is 12.4. The van der Waals surface area contributed by atoms with Gasteiger partial charge in [-0.15, -0.1) is 11.3 Å². The molecule has 1 N–H and O–H groups in total. The lowest BCUT2D eigenvalue weighted by molar-refractivity contribution is -0.123. The van der Waals surface area contributed by atoms with Gasteiger partial charge < -0.3 is 10.1 Å². The van der Waals surface area contributed by atoms with Crippen LogP contribution in [0.25, 0.3) is 0 Å². The Kier molecular flexibility index (Phi) is 4.12. The number of carbonyl (C=O) groups is 3. The molecular weight excluding hydrogens is 316 g/mol. The first kappa shape index (κ1) is 15.2. The highest BCUT2D eigenvalue weighted by atomic mass is 32.1. The molecule has 0 bridgehead atoms. The topological polar surface area (TPSA) is 75.7 Å². The molecule has 2 amide bonds. The Balaban J connectivity index is 1.75. The molecule has 1 aromatic carbocycles. The number of Topliss-reactive ketones (excluding diaryl/α,β-unsaturated/α-hetero) is 1.